The zero-order valence-electron chi connectivity index (χ0n) is 18.6. The number of benzene rings is 3. The van der Waals surface area contributed by atoms with Crippen LogP contribution in [0.4, 0.5) is 28.8 Å². The number of hydrogen-bond donors (Lipinski definition) is 3. The van der Waals surface area contributed by atoms with E-state index in [4.69, 9.17) is 5.26 Å². The van der Waals surface area contributed by atoms with E-state index in [-0.39, 0.29) is 4.90 Å². The lowest BCUT2D eigenvalue weighted by Crippen LogP contribution is -2.12. The molecule has 0 aliphatic rings. The standard InChI is InChI=1S/C25H22N6O2S/c1-17-3-7-20(8-4-17)28-24-15-18(2)27-25(30-24)29-21-9-11-22(12-10-21)31-34(32,33)23-13-5-19(16-26)6-14-23/h3-15,31H,1-2H3,(H2,27,28,29,30). The average Bonchev–Trinajstić information content (AvgIpc) is 2.81. The van der Waals surface area contributed by atoms with Crippen molar-refractivity contribution in [2.45, 2.75) is 18.7 Å². The van der Waals surface area contributed by atoms with Crippen molar-refractivity contribution in [2.75, 3.05) is 15.4 Å². The van der Waals surface area contributed by atoms with Gasteiger partial charge >= 0.3 is 0 Å². The summed E-state index contributed by atoms with van der Waals surface area (Å²) in [6.45, 7) is 3.91. The summed E-state index contributed by atoms with van der Waals surface area (Å²) in [7, 11) is -3.77. The summed E-state index contributed by atoms with van der Waals surface area (Å²) in [5.41, 5.74) is 4.39. The van der Waals surface area contributed by atoms with Crippen LogP contribution in [0, 0.1) is 25.2 Å². The van der Waals surface area contributed by atoms with Gasteiger partial charge < -0.3 is 10.6 Å². The van der Waals surface area contributed by atoms with Crippen molar-refractivity contribution in [3.8, 4) is 6.07 Å². The number of anilines is 5. The van der Waals surface area contributed by atoms with Gasteiger partial charge in [-0.2, -0.15) is 10.2 Å². The molecule has 0 spiro atoms. The maximum atomic E-state index is 12.6. The molecule has 0 bridgehead atoms. The highest BCUT2D eigenvalue weighted by Gasteiger charge is 2.14. The molecule has 0 fully saturated rings. The largest absolute Gasteiger partial charge is 0.340 e. The average molecular weight is 471 g/mol. The normalized spacial score (nSPS) is 10.9. The Morgan fingerprint density at radius 3 is 2.00 bits per heavy atom. The van der Waals surface area contributed by atoms with E-state index in [1.165, 1.54) is 29.8 Å². The van der Waals surface area contributed by atoms with Crippen molar-refractivity contribution in [3.63, 3.8) is 0 Å². The van der Waals surface area contributed by atoms with Gasteiger partial charge in [-0.25, -0.2) is 13.4 Å². The summed E-state index contributed by atoms with van der Waals surface area (Å²) in [4.78, 5) is 9.02. The Morgan fingerprint density at radius 2 is 1.35 bits per heavy atom. The van der Waals surface area contributed by atoms with Gasteiger partial charge in [-0.05, 0) is 74.5 Å². The molecule has 0 amide bonds. The molecule has 1 aromatic heterocycles. The van der Waals surface area contributed by atoms with E-state index >= 15 is 0 Å². The number of aromatic nitrogens is 2. The highest BCUT2D eigenvalue weighted by molar-refractivity contribution is 7.92. The van der Waals surface area contributed by atoms with Gasteiger partial charge in [0.1, 0.15) is 5.82 Å². The maximum absolute atomic E-state index is 12.6. The van der Waals surface area contributed by atoms with Crippen LogP contribution in [0.3, 0.4) is 0 Å². The second-order valence-electron chi connectivity index (χ2n) is 7.65. The Labute approximate surface area is 198 Å². The lowest BCUT2D eigenvalue weighted by molar-refractivity contribution is 0.601. The smallest absolute Gasteiger partial charge is 0.261 e. The molecule has 170 valence electrons. The molecule has 0 atom stereocenters. The minimum atomic E-state index is -3.77. The molecular formula is C25H22N6O2S. The summed E-state index contributed by atoms with van der Waals surface area (Å²) >= 11 is 0. The van der Waals surface area contributed by atoms with Gasteiger partial charge in [-0.15, -0.1) is 0 Å². The van der Waals surface area contributed by atoms with E-state index in [1.54, 1.807) is 24.3 Å². The zero-order valence-corrected chi connectivity index (χ0v) is 19.4. The third-order valence-electron chi connectivity index (χ3n) is 4.87. The van der Waals surface area contributed by atoms with Gasteiger partial charge in [0.05, 0.1) is 16.5 Å². The molecule has 0 aliphatic carbocycles. The SMILES string of the molecule is Cc1ccc(Nc2cc(C)nc(Nc3ccc(NS(=O)(=O)c4ccc(C#N)cc4)cc3)n2)cc1. The minimum Gasteiger partial charge on any atom is -0.340 e. The molecule has 3 N–H and O–H groups in total. The molecule has 4 aromatic rings. The van der Waals surface area contributed by atoms with Gasteiger partial charge in [0, 0.05) is 28.8 Å². The molecule has 0 saturated carbocycles. The summed E-state index contributed by atoms with van der Waals surface area (Å²) in [6.07, 6.45) is 0. The molecule has 3 aromatic carbocycles. The van der Waals surface area contributed by atoms with Gasteiger partial charge in [-0.1, -0.05) is 17.7 Å². The second-order valence-corrected chi connectivity index (χ2v) is 9.34. The summed E-state index contributed by atoms with van der Waals surface area (Å²) in [5, 5.41) is 15.3. The molecule has 34 heavy (non-hydrogen) atoms. The number of hydrogen-bond acceptors (Lipinski definition) is 7. The lowest BCUT2D eigenvalue weighted by Gasteiger charge is -2.11. The summed E-state index contributed by atoms with van der Waals surface area (Å²) < 4.78 is 27.7. The van der Waals surface area contributed by atoms with Crippen molar-refractivity contribution in [1.29, 1.82) is 5.26 Å². The molecule has 8 nitrogen and oxygen atoms in total. The van der Waals surface area contributed by atoms with Crippen molar-refractivity contribution in [2.24, 2.45) is 0 Å². The molecule has 0 aliphatic heterocycles. The van der Waals surface area contributed by atoms with E-state index in [1.807, 2.05) is 50.2 Å². The predicted molar refractivity (Wildman–Crippen MR) is 133 cm³/mol. The molecule has 0 saturated heterocycles. The first-order valence-corrected chi connectivity index (χ1v) is 11.9. The van der Waals surface area contributed by atoms with Crippen LogP contribution in [0.1, 0.15) is 16.8 Å². The lowest BCUT2D eigenvalue weighted by atomic mass is 10.2. The fraction of sp³-hybridized carbons (Fsp3) is 0.0800. The number of rotatable bonds is 7. The number of sulfonamides is 1. The molecule has 4 rings (SSSR count). The number of nitrogens with zero attached hydrogens (tertiary/aromatic N) is 3. The predicted octanol–water partition coefficient (Wildman–Crippen LogP) is 5.25. The van der Waals surface area contributed by atoms with E-state index in [0.29, 0.717) is 28.7 Å². The molecule has 0 radical (unpaired) electrons. The fourth-order valence-electron chi connectivity index (χ4n) is 3.15. The van der Waals surface area contributed by atoms with Gasteiger partial charge in [0.25, 0.3) is 10.0 Å². The van der Waals surface area contributed by atoms with Crippen molar-refractivity contribution in [1.82, 2.24) is 9.97 Å². The Hall–Kier alpha value is -4.42. The van der Waals surface area contributed by atoms with Gasteiger partial charge in [0.2, 0.25) is 5.95 Å². The molecule has 0 unspecified atom stereocenters. The van der Waals surface area contributed by atoms with Crippen LogP contribution in [0.5, 0.6) is 0 Å². The topological polar surface area (TPSA) is 120 Å². The Bertz CT molecular complexity index is 1440. The quantitative estimate of drug-likeness (QED) is 0.337. The zero-order chi connectivity index (χ0) is 24.1. The van der Waals surface area contributed by atoms with Crippen LogP contribution >= 0.6 is 0 Å². The Kier molecular flexibility index (Phi) is 6.43. The number of aryl methyl sites for hydroxylation is 2. The van der Waals surface area contributed by atoms with E-state index in [0.717, 1.165) is 11.4 Å². The second kappa shape index (κ2) is 9.60. The van der Waals surface area contributed by atoms with Crippen LogP contribution < -0.4 is 15.4 Å². The van der Waals surface area contributed by atoms with Gasteiger partial charge in [0.15, 0.2) is 0 Å². The van der Waals surface area contributed by atoms with Crippen molar-refractivity contribution < 1.29 is 8.42 Å². The van der Waals surface area contributed by atoms with E-state index < -0.39 is 10.0 Å². The first kappa shape index (κ1) is 22.8. The number of nitriles is 1. The highest BCUT2D eigenvalue weighted by Crippen LogP contribution is 2.22. The molecule has 1 heterocycles. The Balaban J connectivity index is 1.45. The Morgan fingerprint density at radius 1 is 0.765 bits per heavy atom. The van der Waals surface area contributed by atoms with Crippen LogP contribution in [0.15, 0.2) is 83.8 Å². The molecule has 9 heteroatoms. The molecular weight excluding hydrogens is 448 g/mol. The maximum Gasteiger partial charge on any atom is 0.261 e. The monoisotopic (exact) mass is 470 g/mol. The fourth-order valence-corrected chi connectivity index (χ4v) is 4.21. The summed E-state index contributed by atoms with van der Waals surface area (Å²) in [6, 6.07) is 24.3. The first-order chi connectivity index (χ1) is 16.3. The van der Waals surface area contributed by atoms with Crippen molar-refractivity contribution >= 4 is 38.9 Å². The third kappa shape index (κ3) is 5.68. The van der Waals surface area contributed by atoms with E-state index in [2.05, 4.69) is 25.3 Å². The van der Waals surface area contributed by atoms with Crippen LogP contribution in [0.25, 0.3) is 0 Å². The van der Waals surface area contributed by atoms with Crippen LogP contribution in [-0.4, -0.2) is 18.4 Å². The highest BCUT2D eigenvalue weighted by atomic mass is 32.2. The van der Waals surface area contributed by atoms with Crippen LogP contribution in [-0.2, 0) is 10.0 Å². The summed E-state index contributed by atoms with van der Waals surface area (Å²) in [5.74, 6) is 1.08. The number of nitrogens with one attached hydrogen (secondary N) is 3. The van der Waals surface area contributed by atoms with Crippen molar-refractivity contribution in [3.05, 3.63) is 95.7 Å². The minimum absolute atomic E-state index is 0.0791. The van der Waals surface area contributed by atoms with Crippen LogP contribution in [0.2, 0.25) is 0 Å². The first-order valence-electron chi connectivity index (χ1n) is 10.4. The third-order valence-corrected chi connectivity index (χ3v) is 6.26. The van der Waals surface area contributed by atoms with E-state index in [9.17, 15) is 8.42 Å². The van der Waals surface area contributed by atoms with Gasteiger partial charge in [-0.3, -0.25) is 4.72 Å².